The van der Waals surface area contributed by atoms with Gasteiger partial charge in [-0.15, -0.1) is 0 Å². The lowest BCUT2D eigenvalue weighted by Crippen LogP contribution is -2.28. The van der Waals surface area contributed by atoms with Gasteiger partial charge in [0.1, 0.15) is 0 Å². The van der Waals surface area contributed by atoms with Gasteiger partial charge in [-0.25, -0.2) is 8.42 Å². The summed E-state index contributed by atoms with van der Waals surface area (Å²) in [6.07, 6.45) is 0. The summed E-state index contributed by atoms with van der Waals surface area (Å²) in [6, 6.07) is 33.0. The predicted molar refractivity (Wildman–Crippen MR) is 134 cm³/mol. The molecule has 0 saturated heterocycles. The van der Waals surface area contributed by atoms with E-state index in [9.17, 15) is 8.42 Å². The van der Waals surface area contributed by atoms with Crippen LogP contribution in [0, 0.1) is 13.8 Å². The lowest BCUT2D eigenvalue weighted by Gasteiger charge is -2.20. The van der Waals surface area contributed by atoms with Gasteiger partial charge in [0.15, 0.2) is 0 Å². The molecule has 0 fully saturated rings. The number of rotatable bonds is 5. The summed E-state index contributed by atoms with van der Waals surface area (Å²) < 4.78 is 29.9. The minimum Gasteiger partial charge on any atom is -0.207 e. The molecule has 5 rings (SSSR count). The zero-order chi connectivity index (χ0) is 23.0. The van der Waals surface area contributed by atoms with E-state index in [1.807, 2.05) is 67.6 Å². The second-order valence-electron chi connectivity index (χ2n) is 8.48. The number of hydrogen-bond donors (Lipinski definition) is 1. The van der Waals surface area contributed by atoms with E-state index in [2.05, 4.69) is 42.0 Å². The first-order valence-electron chi connectivity index (χ1n) is 11.0. The van der Waals surface area contributed by atoms with Crippen LogP contribution in [0.5, 0.6) is 0 Å². The molecule has 1 aliphatic rings. The van der Waals surface area contributed by atoms with Crippen molar-refractivity contribution in [2.75, 3.05) is 0 Å². The van der Waals surface area contributed by atoms with E-state index in [0.29, 0.717) is 0 Å². The molecule has 0 aromatic heterocycles. The van der Waals surface area contributed by atoms with Crippen molar-refractivity contribution in [2.45, 2.75) is 24.8 Å². The van der Waals surface area contributed by atoms with Crippen LogP contribution in [0.1, 0.15) is 39.4 Å². The van der Waals surface area contributed by atoms with Gasteiger partial charge in [-0.1, -0.05) is 102 Å². The molecule has 0 amide bonds. The third kappa shape index (κ3) is 4.04. The van der Waals surface area contributed by atoms with Crippen molar-refractivity contribution in [1.82, 2.24) is 4.72 Å². The largest absolute Gasteiger partial charge is 0.241 e. The Hall–Kier alpha value is -3.47. The van der Waals surface area contributed by atoms with Crippen LogP contribution in [-0.2, 0) is 10.0 Å². The molecule has 33 heavy (non-hydrogen) atoms. The van der Waals surface area contributed by atoms with Crippen LogP contribution in [0.15, 0.2) is 108 Å². The maximum atomic E-state index is 13.4. The van der Waals surface area contributed by atoms with E-state index in [4.69, 9.17) is 0 Å². The molecule has 0 bridgehead atoms. The van der Waals surface area contributed by atoms with Gasteiger partial charge in [0.2, 0.25) is 10.0 Å². The first-order chi connectivity index (χ1) is 15.9. The fraction of sp³-hybridized carbons (Fsp3) is 0.103. The predicted octanol–water partition coefficient (Wildman–Crippen LogP) is 6.30. The van der Waals surface area contributed by atoms with Crippen LogP contribution in [0.2, 0.25) is 0 Å². The molecule has 1 N–H and O–H groups in total. The first kappa shape index (κ1) is 21.4. The molecule has 4 aromatic carbocycles. The third-order valence-electron chi connectivity index (χ3n) is 6.13. The summed E-state index contributed by atoms with van der Waals surface area (Å²) in [5, 5.41) is 0. The second kappa shape index (κ2) is 8.47. The summed E-state index contributed by atoms with van der Waals surface area (Å²) in [4.78, 5) is 0.266. The molecule has 4 aromatic rings. The molecule has 0 aliphatic heterocycles. The Balaban J connectivity index is 1.72. The normalized spacial score (nSPS) is 15.5. The van der Waals surface area contributed by atoms with Gasteiger partial charge in [0.05, 0.1) is 10.9 Å². The Kier molecular flexibility index (Phi) is 5.49. The van der Waals surface area contributed by atoms with Crippen molar-refractivity contribution < 1.29 is 8.42 Å². The lowest BCUT2D eigenvalue weighted by atomic mass is 9.93. The van der Waals surface area contributed by atoms with E-state index in [0.717, 1.165) is 39.0 Å². The van der Waals surface area contributed by atoms with E-state index in [1.165, 1.54) is 5.56 Å². The van der Waals surface area contributed by atoms with Crippen molar-refractivity contribution in [1.29, 1.82) is 0 Å². The molecule has 0 radical (unpaired) electrons. The number of benzene rings is 4. The zero-order valence-corrected chi connectivity index (χ0v) is 19.4. The molecule has 0 spiro atoms. The number of sulfonamides is 1. The van der Waals surface area contributed by atoms with Gasteiger partial charge >= 0.3 is 0 Å². The topological polar surface area (TPSA) is 46.2 Å². The zero-order valence-electron chi connectivity index (χ0n) is 18.6. The van der Waals surface area contributed by atoms with E-state index < -0.39 is 16.1 Å². The van der Waals surface area contributed by atoms with Crippen LogP contribution >= 0.6 is 0 Å². The van der Waals surface area contributed by atoms with Gasteiger partial charge in [0, 0.05) is 0 Å². The summed E-state index contributed by atoms with van der Waals surface area (Å²) in [5.74, 6) is 0. The van der Waals surface area contributed by atoms with Crippen LogP contribution in [0.3, 0.4) is 0 Å². The van der Waals surface area contributed by atoms with E-state index in [1.54, 1.807) is 12.1 Å². The molecule has 3 nitrogen and oxygen atoms in total. The van der Waals surface area contributed by atoms with Crippen molar-refractivity contribution in [2.24, 2.45) is 0 Å². The molecule has 4 heteroatoms. The van der Waals surface area contributed by atoms with Gasteiger partial charge in [-0.2, -0.15) is 4.72 Å². The second-order valence-corrected chi connectivity index (χ2v) is 10.2. The Morgan fingerprint density at radius 1 is 0.636 bits per heavy atom. The fourth-order valence-electron chi connectivity index (χ4n) is 4.44. The first-order valence-corrected chi connectivity index (χ1v) is 12.5. The van der Waals surface area contributed by atoms with Crippen LogP contribution in [-0.4, -0.2) is 8.42 Å². The maximum Gasteiger partial charge on any atom is 0.241 e. The monoisotopic (exact) mass is 451 g/mol. The van der Waals surface area contributed by atoms with Gasteiger partial charge in [-0.05, 0) is 59.4 Å². The van der Waals surface area contributed by atoms with E-state index in [-0.39, 0.29) is 4.90 Å². The third-order valence-corrected chi connectivity index (χ3v) is 7.57. The number of hydrogen-bond acceptors (Lipinski definition) is 2. The number of aryl methyl sites for hydroxylation is 2. The van der Waals surface area contributed by atoms with Gasteiger partial charge < -0.3 is 0 Å². The Morgan fingerprint density at radius 3 is 1.88 bits per heavy atom. The summed E-state index contributed by atoms with van der Waals surface area (Å²) >= 11 is 0. The highest BCUT2D eigenvalue weighted by molar-refractivity contribution is 7.89. The SMILES string of the molecule is Cc1ccc(C2=C(c3ccccc3)C(NS(=O)(=O)c3ccc(C)cc3)c3ccccc32)cc1. The molecule has 0 heterocycles. The minimum absolute atomic E-state index is 0.266. The molecular weight excluding hydrogens is 426 g/mol. The van der Waals surface area contributed by atoms with Crippen molar-refractivity contribution in [3.8, 4) is 0 Å². The molecule has 1 atom stereocenters. The van der Waals surface area contributed by atoms with Crippen LogP contribution in [0.4, 0.5) is 0 Å². The standard InChI is InChI=1S/C29H25NO2S/c1-20-12-16-23(17-13-20)27-25-10-6-7-11-26(25)29(28(27)22-8-4-3-5-9-22)30-33(31,32)24-18-14-21(2)15-19-24/h3-19,29-30H,1-2H3. The molecular formula is C29H25NO2S. The summed E-state index contributed by atoms with van der Waals surface area (Å²) in [7, 11) is -3.74. The Bertz CT molecular complexity index is 1440. The van der Waals surface area contributed by atoms with Crippen LogP contribution in [0.25, 0.3) is 11.1 Å². The fourth-order valence-corrected chi connectivity index (χ4v) is 5.63. The van der Waals surface area contributed by atoms with Crippen molar-refractivity contribution >= 4 is 21.2 Å². The summed E-state index contributed by atoms with van der Waals surface area (Å²) in [5.41, 5.74) is 8.32. The molecule has 1 aliphatic carbocycles. The highest BCUT2D eigenvalue weighted by Gasteiger charge is 2.35. The number of fused-ring (bicyclic) bond motifs is 1. The lowest BCUT2D eigenvalue weighted by molar-refractivity contribution is 0.576. The molecule has 164 valence electrons. The Morgan fingerprint density at radius 2 is 1.21 bits per heavy atom. The van der Waals surface area contributed by atoms with Gasteiger partial charge in [-0.3, -0.25) is 0 Å². The molecule has 0 saturated carbocycles. The average Bonchev–Trinajstić information content (AvgIpc) is 3.14. The smallest absolute Gasteiger partial charge is 0.207 e. The quantitative estimate of drug-likeness (QED) is 0.387. The highest BCUT2D eigenvalue weighted by atomic mass is 32.2. The maximum absolute atomic E-state index is 13.4. The molecule has 1 unspecified atom stereocenters. The Labute approximate surface area is 195 Å². The van der Waals surface area contributed by atoms with Crippen LogP contribution < -0.4 is 4.72 Å². The van der Waals surface area contributed by atoms with Crippen molar-refractivity contribution in [3.63, 3.8) is 0 Å². The van der Waals surface area contributed by atoms with E-state index >= 15 is 0 Å². The van der Waals surface area contributed by atoms with Gasteiger partial charge in [0.25, 0.3) is 0 Å². The average molecular weight is 452 g/mol. The minimum atomic E-state index is -3.74. The van der Waals surface area contributed by atoms with Crippen molar-refractivity contribution in [3.05, 3.63) is 137 Å². The number of nitrogens with one attached hydrogen (secondary N) is 1. The summed E-state index contributed by atoms with van der Waals surface area (Å²) in [6.45, 7) is 4.01. The highest BCUT2D eigenvalue weighted by Crippen LogP contribution is 2.48.